The zero-order valence-corrected chi connectivity index (χ0v) is 27.3. The number of rotatable bonds is 11. The third kappa shape index (κ3) is 8.19. The molecule has 1 aliphatic heterocycles. The number of carbonyl (C=O) groups is 1. The molecule has 1 amide bonds. The van der Waals surface area contributed by atoms with Crippen molar-refractivity contribution in [1.29, 1.82) is 0 Å². The predicted molar refractivity (Wildman–Crippen MR) is 187 cm³/mol. The van der Waals surface area contributed by atoms with Crippen LogP contribution in [0.5, 0.6) is 5.75 Å². The molecular formula is C37H36ClN5O2S. The summed E-state index contributed by atoms with van der Waals surface area (Å²) in [5.41, 5.74) is 5.05. The van der Waals surface area contributed by atoms with E-state index in [-0.39, 0.29) is 11.9 Å². The van der Waals surface area contributed by atoms with E-state index in [1.54, 1.807) is 7.11 Å². The fourth-order valence-corrected chi connectivity index (χ4v) is 6.60. The lowest BCUT2D eigenvalue weighted by molar-refractivity contribution is 0.0936. The molecule has 234 valence electrons. The van der Waals surface area contributed by atoms with E-state index in [4.69, 9.17) is 21.3 Å². The molecule has 1 atom stereocenters. The van der Waals surface area contributed by atoms with Crippen LogP contribution >= 0.6 is 23.4 Å². The molecule has 5 aromatic rings. The first-order valence-corrected chi connectivity index (χ1v) is 16.7. The van der Waals surface area contributed by atoms with E-state index in [2.05, 4.69) is 56.5 Å². The number of methoxy groups -OCH3 is 1. The number of piperazine rings is 1. The van der Waals surface area contributed by atoms with Gasteiger partial charge in [-0.3, -0.25) is 4.79 Å². The quantitative estimate of drug-likeness (QED) is 0.0904. The molecule has 0 radical (unpaired) electrons. The summed E-state index contributed by atoms with van der Waals surface area (Å²) in [5, 5.41) is 4.30. The maximum atomic E-state index is 13.5. The van der Waals surface area contributed by atoms with E-state index < -0.39 is 0 Å². The zero-order chi connectivity index (χ0) is 31.7. The second-order valence-electron chi connectivity index (χ2n) is 11.1. The third-order valence-electron chi connectivity index (χ3n) is 8.05. The van der Waals surface area contributed by atoms with Crippen molar-refractivity contribution in [3.63, 3.8) is 0 Å². The lowest BCUT2D eigenvalue weighted by atomic mass is 9.98. The molecule has 1 saturated heterocycles. The van der Waals surface area contributed by atoms with Gasteiger partial charge in [0.2, 0.25) is 0 Å². The molecule has 1 aromatic heterocycles. The van der Waals surface area contributed by atoms with Gasteiger partial charge in [0.15, 0.2) is 5.16 Å². The zero-order valence-electron chi connectivity index (χ0n) is 25.7. The number of thioether (sulfide) groups is 1. The molecule has 1 aliphatic rings. The first-order chi connectivity index (χ1) is 22.5. The Hall–Kier alpha value is -4.53. The standard InChI is InChI=1S/C37H36ClN5O2S/c1-45-32-17-15-31(16-18-32)42-19-21-43(22-20-42)35-25-34(38)40-37(41-35)46-26-28-11-8-14-30(23-28)36(44)39-33(29-12-6-3-7-13-29)24-27-9-4-2-5-10-27/h2-18,23,25,33H,19-22,24,26H2,1H3,(H,39,44). The Bertz CT molecular complexity index is 1730. The van der Waals surface area contributed by atoms with Gasteiger partial charge in [-0.05, 0) is 59.5 Å². The van der Waals surface area contributed by atoms with Crippen LogP contribution in [0.15, 0.2) is 120 Å². The molecule has 0 spiro atoms. The summed E-state index contributed by atoms with van der Waals surface area (Å²) < 4.78 is 5.29. The number of benzene rings is 4. The number of nitrogens with one attached hydrogen (secondary N) is 1. The van der Waals surface area contributed by atoms with Crippen molar-refractivity contribution < 1.29 is 9.53 Å². The molecule has 4 aromatic carbocycles. The third-order valence-corrected chi connectivity index (χ3v) is 9.16. The predicted octanol–water partition coefficient (Wildman–Crippen LogP) is 7.47. The van der Waals surface area contributed by atoms with Gasteiger partial charge in [-0.15, -0.1) is 0 Å². The molecule has 46 heavy (non-hydrogen) atoms. The molecule has 0 aliphatic carbocycles. The minimum absolute atomic E-state index is 0.105. The Morgan fingerprint density at radius 3 is 2.22 bits per heavy atom. The van der Waals surface area contributed by atoms with Crippen molar-refractivity contribution >= 4 is 40.8 Å². The first kappa shape index (κ1) is 31.5. The molecular weight excluding hydrogens is 614 g/mol. The van der Waals surface area contributed by atoms with E-state index in [1.165, 1.54) is 23.0 Å². The lowest BCUT2D eigenvalue weighted by Crippen LogP contribution is -2.46. The number of nitrogens with zero attached hydrogens (tertiary/aromatic N) is 4. The molecule has 1 unspecified atom stereocenters. The summed E-state index contributed by atoms with van der Waals surface area (Å²) in [6.07, 6.45) is 0.705. The average Bonchev–Trinajstić information content (AvgIpc) is 3.11. The molecule has 0 saturated carbocycles. The van der Waals surface area contributed by atoms with Crippen molar-refractivity contribution in [2.45, 2.75) is 23.4 Å². The lowest BCUT2D eigenvalue weighted by Gasteiger charge is -2.36. The summed E-state index contributed by atoms with van der Waals surface area (Å²) in [5.74, 6) is 2.19. The second kappa shape index (κ2) is 15.2. The van der Waals surface area contributed by atoms with E-state index in [9.17, 15) is 4.79 Å². The van der Waals surface area contributed by atoms with Gasteiger partial charge in [-0.25, -0.2) is 9.97 Å². The molecule has 6 rings (SSSR count). The molecule has 7 nitrogen and oxygen atoms in total. The molecule has 9 heteroatoms. The number of carbonyl (C=O) groups excluding carboxylic acids is 1. The summed E-state index contributed by atoms with van der Waals surface area (Å²) in [6, 6.07) is 37.9. The highest BCUT2D eigenvalue weighted by Crippen LogP contribution is 2.27. The van der Waals surface area contributed by atoms with Crippen LogP contribution in [-0.2, 0) is 12.2 Å². The Labute approximate surface area is 279 Å². The van der Waals surface area contributed by atoms with Crippen LogP contribution in [0.3, 0.4) is 0 Å². The minimum atomic E-state index is -0.148. The summed E-state index contributed by atoms with van der Waals surface area (Å²) in [6.45, 7) is 3.41. The van der Waals surface area contributed by atoms with Crippen molar-refractivity contribution in [3.05, 3.63) is 143 Å². The van der Waals surface area contributed by atoms with Gasteiger partial charge in [-0.2, -0.15) is 0 Å². The van der Waals surface area contributed by atoms with Crippen molar-refractivity contribution in [2.24, 2.45) is 0 Å². The van der Waals surface area contributed by atoms with Gasteiger partial charge < -0.3 is 19.9 Å². The van der Waals surface area contributed by atoms with Gasteiger partial charge in [0.25, 0.3) is 5.91 Å². The highest BCUT2D eigenvalue weighted by atomic mass is 35.5. The van der Waals surface area contributed by atoms with Crippen LogP contribution in [0.2, 0.25) is 5.15 Å². The monoisotopic (exact) mass is 649 g/mol. The largest absolute Gasteiger partial charge is 0.497 e. The first-order valence-electron chi connectivity index (χ1n) is 15.3. The summed E-state index contributed by atoms with van der Waals surface area (Å²) >= 11 is 7.97. The number of hydrogen-bond acceptors (Lipinski definition) is 7. The number of ether oxygens (including phenoxy) is 1. The normalized spacial score (nSPS) is 13.7. The summed E-state index contributed by atoms with van der Waals surface area (Å²) in [7, 11) is 1.68. The van der Waals surface area contributed by atoms with Gasteiger partial charge in [0.05, 0.1) is 13.2 Å². The van der Waals surface area contributed by atoms with Crippen LogP contribution in [0.25, 0.3) is 0 Å². The fourth-order valence-electron chi connectivity index (χ4n) is 5.58. The maximum Gasteiger partial charge on any atom is 0.251 e. The van der Waals surface area contributed by atoms with E-state index in [1.807, 2.05) is 78.9 Å². The maximum absolute atomic E-state index is 13.5. The molecule has 1 N–H and O–H groups in total. The molecule has 2 heterocycles. The minimum Gasteiger partial charge on any atom is -0.497 e. The molecule has 0 bridgehead atoms. The van der Waals surface area contributed by atoms with Crippen LogP contribution in [0.1, 0.15) is 33.1 Å². The van der Waals surface area contributed by atoms with Crippen molar-refractivity contribution in [1.82, 2.24) is 15.3 Å². The van der Waals surface area contributed by atoms with Crippen LogP contribution in [0, 0.1) is 0 Å². The Balaban J connectivity index is 1.08. The topological polar surface area (TPSA) is 70.6 Å². The van der Waals surface area contributed by atoms with Crippen molar-refractivity contribution in [2.75, 3.05) is 43.1 Å². The number of anilines is 2. The second-order valence-corrected chi connectivity index (χ2v) is 12.4. The number of aromatic nitrogens is 2. The Morgan fingerprint density at radius 1 is 0.826 bits per heavy atom. The number of halogens is 1. The summed E-state index contributed by atoms with van der Waals surface area (Å²) in [4.78, 5) is 27.4. The SMILES string of the molecule is COc1ccc(N2CCN(c3cc(Cl)nc(SCc4cccc(C(=O)NC(Cc5ccccc5)c5ccccc5)c4)n3)CC2)cc1. The van der Waals surface area contributed by atoms with E-state index >= 15 is 0 Å². The van der Waals surface area contributed by atoms with Gasteiger partial charge in [0.1, 0.15) is 16.7 Å². The van der Waals surface area contributed by atoms with E-state index in [0.29, 0.717) is 28.0 Å². The van der Waals surface area contributed by atoms with Gasteiger partial charge in [-0.1, -0.05) is 96.2 Å². The van der Waals surface area contributed by atoms with Crippen molar-refractivity contribution in [3.8, 4) is 5.75 Å². The Morgan fingerprint density at radius 2 is 1.50 bits per heavy atom. The van der Waals surface area contributed by atoms with Crippen LogP contribution in [-0.4, -0.2) is 49.2 Å². The van der Waals surface area contributed by atoms with Gasteiger partial charge >= 0.3 is 0 Å². The molecule has 1 fully saturated rings. The highest BCUT2D eigenvalue weighted by Gasteiger charge is 2.20. The fraction of sp³-hybridized carbons (Fsp3) is 0.216. The van der Waals surface area contributed by atoms with Gasteiger partial charge in [0, 0.05) is 49.2 Å². The smallest absolute Gasteiger partial charge is 0.251 e. The van der Waals surface area contributed by atoms with E-state index in [0.717, 1.165) is 48.9 Å². The Kier molecular flexibility index (Phi) is 10.4. The van der Waals surface area contributed by atoms with Crippen LogP contribution in [0.4, 0.5) is 11.5 Å². The number of hydrogen-bond donors (Lipinski definition) is 1. The highest BCUT2D eigenvalue weighted by molar-refractivity contribution is 7.98. The number of amides is 1. The average molecular weight is 650 g/mol. The van der Waals surface area contributed by atoms with Crippen LogP contribution < -0.4 is 19.9 Å².